The quantitative estimate of drug-likeness (QED) is 0.704. The zero-order valence-electron chi connectivity index (χ0n) is 12.7. The lowest BCUT2D eigenvalue weighted by atomic mass is 9.54. The van der Waals surface area contributed by atoms with Crippen LogP contribution in [0.4, 0.5) is 0 Å². The highest BCUT2D eigenvalue weighted by Crippen LogP contribution is 2.53. The lowest BCUT2D eigenvalue weighted by Gasteiger charge is -2.54. The van der Waals surface area contributed by atoms with Gasteiger partial charge in [-0.2, -0.15) is 0 Å². The summed E-state index contributed by atoms with van der Waals surface area (Å²) in [6.07, 6.45) is 12.2. The molecule has 1 amide bonds. The van der Waals surface area contributed by atoms with E-state index >= 15 is 0 Å². The van der Waals surface area contributed by atoms with Crippen LogP contribution in [-0.2, 0) is 4.79 Å². The van der Waals surface area contributed by atoms with Gasteiger partial charge >= 0.3 is 0 Å². The molecule has 0 heterocycles. The van der Waals surface area contributed by atoms with Crippen molar-refractivity contribution in [2.75, 3.05) is 6.54 Å². The molecule has 0 saturated heterocycles. The monoisotopic (exact) mass is 278 g/mol. The highest BCUT2D eigenvalue weighted by atomic mass is 16.1. The predicted octanol–water partition coefficient (Wildman–Crippen LogP) is 2.84. The summed E-state index contributed by atoms with van der Waals surface area (Å²) in [7, 11) is 0. The smallest absolute Gasteiger partial charge is 0.220 e. The van der Waals surface area contributed by atoms with Crippen molar-refractivity contribution in [3.05, 3.63) is 0 Å². The summed E-state index contributed by atoms with van der Waals surface area (Å²) in [6.45, 7) is 0.778. The van der Waals surface area contributed by atoms with E-state index in [1.54, 1.807) is 0 Å². The molecule has 3 N–H and O–H groups in total. The zero-order valence-corrected chi connectivity index (χ0v) is 12.7. The Hall–Kier alpha value is -0.570. The van der Waals surface area contributed by atoms with Gasteiger partial charge in [0, 0.05) is 12.5 Å². The van der Waals surface area contributed by atoms with Gasteiger partial charge in [0.1, 0.15) is 0 Å². The minimum atomic E-state index is 0.301. The van der Waals surface area contributed by atoms with Crippen LogP contribution in [0.15, 0.2) is 0 Å². The number of amides is 1. The van der Waals surface area contributed by atoms with Crippen molar-refractivity contribution in [3.8, 4) is 0 Å². The Labute approximate surface area is 123 Å². The van der Waals surface area contributed by atoms with Gasteiger partial charge in [0.05, 0.1) is 0 Å². The van der Waals surface area contributed by atoms with Crippen LogP contribution in [-0.4, -0.2) is 18.5 Å². The van der Waals surface area contributed by atoms with Crippen molar-refractivity contribution in [2.45, 2.75) is 70.3 Å². The Morgan fingerprint density at radius 1 is 0.900 bits per heavy atom. The molecule has 0 spiro atoms. The van der Waals surface area contributed by atoms with E-state index in [1.165, 1.54) is 38.5 Å². The Kier molecular flexibility index (Phi) is 4.65. The molecule has 0 atom stereocenters. The molecule has 4 rings (SSSR count). The van der Waals surface area contributed by atoms with E-state index in [2.05, 4.69) is 5.32 Å². The van der Waals surface area contributed by atoms with E-state index in [1.807, 2.05) is 0 Å². The van der Waals surface area contributed by atoms with Crippen LogP contribution in [0.1, 0.15) is 64.2 Å². The standard InChI is InChI=1S/C17H30N2O/c18-6-4-2-1-3-5-16(20)19-17-14-8-12-7-13(10-14)11-15(17)9-12/h12-15,17H,1-11,18H2,(H,19,20). The number of unbranched alkanes of at least 4 members (excludes halogenated alkanes) is 3. The maximum atomic E-state index is 12.1. The summed E-state index contributed by atoms with van der Waals surface area (Å²) in [5, 5.41) is 3.39. The number of nitrogens with two attached hydrogens (primary N) is 1. The van der Waals surface area contributed by atoms with Crippen LogP contribution in [0.25, 0.3) is 0 Å². The molecule has 4 saturated carbocycles. The molecule has 3 nitrogen and oxygen atoms in total. The largest absolute Gasteiger partial charge is 0.353 e. The van der Waals surface area contributed by atoms with Crippen LogP contribution in [0.5, 0.6) is 0 Å². The second-order valence-corrected chi connectivity index (χ2v) is 7.48. The third-order valence-corrected chi connectivity index (χ3v) is 5.91. The first-order valence-electron chi connectivity index (χ1n) is 8.75. The zero-order chi connectivity index (χ0) is 13.9. The van der Waals surface area contributed by atoms with Gasteiger partial charge in [-0.05, 0) is 75.2 Å². The molecule has 4 bridgehead atoms. The highest BCUT2D eigenvalue weighted by molar-refractivity contribution is 5.76. The lowest BCUT2D eigenvalue weighted by molar-refractivity contribution is -0.125. The van der Waals surface area contributed by atoms with Crippen molar-refractivity contribution < 1.29 is 4.79 Å². The summed E-state index contributed by atoms with van der Waals surface area (Å²) in [5.74, 6) is 3.87. The second kappa shape index (κ2) is 6.46. The number of rotatable bonds is 7. The van der Waals surface area contributed by atoms with Gasteiger partial charge in [0.15, 0.2) is 0 Å². The normalized spacial score (nSPS) is 38.1. The Morgan fingerprint density at radius 3 is 2.10 bits per heavy atom. The molecular weight excluding hydrogens is 248 g/mol. The molecule has 3 heteroatoms. The predicted molar refractivity (Wildman–Crippen MR) is 81.1 cm³/mol. The van der Waals surface area contributed by atoms with Gasteiger partial charge < -0.3 is 11.1 Å². The fraction of sp³-hybridized carbons (Fsp3) is 0.941. The molecule has 0 aromatic carbocycles. The maximum Gasteiger partial charge on any atom is 0.220 e. The summed E-state index contributed by atoms with van der Waals surface area (Å²) < 4.78 is 0. The van der Waals surface area contributed by atoms with Crippen molar-refractivity contribution in [1.29, 1.82) is 0 Å². The van der Waals surface area contributed by atoms with Crippen molar-refractivity contribution in [3.63, 3.8) is 0 Å². The van der Waals surface area contributed by atoms with Gasteiger partial charge in [-0.25, -0.2) is 0 Å². The van der Waals surface area contributed by atoms with Gasteiger partial charge in [0.2, 0.25) is 5.91 Å². The fourth-order valence-corrected chi connectivity index (χ4v) is 5.20. The molecule has 0 aromatic rings. The lowest BCUT2D eigenvalue weighted by Crippen LogP contribution is -2.55. The highest BCUT2D eigenvalue weighted by Gasteiger charge is 2.48. The van der Waals surface area contributed by atoms with Gasteiger partial charge in [0.25, 0.3) is 0 Å². The fourth-order valence-electron chi connectivity index (χ4n) is 5.20. The molecule has 0 unspecified atom stereocenters. The van der Waals surface area contributed by atoms with E-state index < -0.39 is 0 Å². The van der Waals surface area contributed by atoms with E-state index in [-0.39, 0.29) is 0 Å². The minimum Gasteiger partial charge on any atom is -0.353 e. The Balaban J connectivity index is 1.40. The maximum absolute atomic E-state index is 12.1. The first kappa shape index (κ1) is 14.4. The molecule has 0 radical (unpaired) electrons. The number of hydrogen-bond acceptors (Lipinski definition) is 2. The average Bonchev–Trinajstić information content (AvgIpc) is 2.42. The first-order chi connectivity index (χ1) is 9.76. The Morgan fingerprint density at radius 2 is 1.50 bits per heavy atom. The van der Waals surface area contributed by atoms with Crippen molar-refractivity contribution in [1.82, 2.24) is 5.32 Å². The summed E-state index contributed by atoms with van der Waals surface area (Å²) >= 11 is 0. The number of hydrogen-bond donors (Lipinski definition) is 2. The second-order valence-electron chi connectivity index (χ2n) is 7.48. The number of nitrogens with one attached hydrogen (secondary N) is 1. The summed E-state index contributed by atoms with van der Waals surface area (Å²) in [4.78, 5) is 12.1. The molecule has 4 aliphatic rings. The van der Waals surface area contributed by atoms with Crippen LogP contribution in [0.3, 0.4) is 0 Å². The average molecular weight is 278 g/mol. The number of carbonyl (C=O) groups excluding carboxylic acids is 1. The summed E-state index contributed by atoms with van der Waals surface area (Å²) in [5.41, 5.74) is 5.48. The third kappa shape index (κ3) is 3.19. The molecule has 0 aromatic heterocycles. The van der Waals surface area contributed by atoms with E-state index in [0.29, 0.717) is 18.4 Å². The van der Waals surface area contributed by atoms with Gasteiger partial charge in [-0.3, -0.25) is 4.79 Å². The van der Waals surface area contributed by atoms with Crippen LogP contribution in [0, 0.1) is 23.7 Å². The molecule has 4 aliphatic carbocycles. The third-order valence-electron chi connectivity index (χ3n) is 5.91. The molecule has 114 valence electrons. The van der Waals surface area contributed by atoms with E-state index in [4.69, 9.17) is 5.73 Å². The van der Waals surface area contributed by atoms with Gasteiger partial charge in [-0.1, -0.05) is 12.8 Å². The van der Waals surface area contributed by atoms with Crippen LogP contribution in [0.2, 0.25) is 0 Å². The number of carbonyl (C=O) groups is 1. The van der Waals surface area contributed by atoms with Crippen LogP contribution < -0.4 is 11.1 Å². The SMILES string of the molecule is NCCCCCCC(=O)NC1C2CC3CC(C2)CC1C3. The van der Waals surface area contributed by atoms with Gasteiger partial charge in [-0.15, -0.1) is 0 Å². The molecule has 4 fully saturated rings. The molecule has 20 heavy (non-hydrogen) atoms. The van der Waals surface area contributed by atoms with E-state index in [9.17, 15) is 4.79 Å². The van der Waals surface area contributed by atoms with Crippen molar-refractivity contribution >= 4 is 5.91 Å². The summed E-state index contributed by atoms with van der Waals surface area (Å²) in [6, 6.07) is 0.513. The molecule has 0 aliphatic heterocycles. The first-order valence-corrected chi connectivity index (χ1v) is 8.75. The minimum absolute atomic E-state index is 0.301. The van der Waals surface area contributed by atoms with Crippen molar-refractivity contribution in [2.24, 2.45) is 29.4 Å². The Bertz CT molecular complexity index is 314. The van der Waals surface area contributed by atoms with Crippen LogP contribution >= 0.6 is 0 Å². The van der Waals surface area contributed by atoms with E-state index in [0.717, 1.165) is 49.5 Å². The molecular formula is C17H30N2O. The topological polar surface area (TPSA) is 55.1 Å².